The molecule has 1 aromatic carbocycles. The highest BCUT2D eigenvalue weighted by molar-refractivity contribution is 5.17. The quantitative estimate of drug-likeness (QED) is 0.720. The van der Waals surface area contributed by atoms with E-state index in [4.69, 9.17) is 10.5 Å². The minimum absolute atomic E-state index is 0.0434. The van der Waals surface area contributed by atoms with Crippen LogP contribution in [0.2, 0.25) is 0 Å². The third-order valence-corrected chi connectivity index (χ3v) is 3.46. The van der Waals surface area contributed by atoms with Gasteiger partial charge in [0.1, 0.15) is 0 Å². The van der Waals surface area contributed by atoms with Crippen molar-refractivity contribution < 1.29 is 4.74 Å². The zero-order valence-electron chi connectivity index (χ0n) is 11.8. The highest BCUT2D eigenvalue weighted by Gasteiger charge is 2.13. The van der Waals surface area contributed by atoms with Crippen LogP contribution in [0, 0.1) is 5.92 Å². The normalized spacial score (nSPS) is 14.4. The number of nitrogens with two attached hydrogens (primary N) is 1. The summed E-state index contributed by atoms with van der Waals surface area (Å²) < 4.78 is 6.00. The molecule has 2 atom stereocenters. The van der Waals surface area contributed by atoms with Gasteiger partial charge in [0.2, 0.25) is 0 Å². The summed E-state index contributed by atoms with van der Waals surface area (Å²) in [6, 6.07) is 10.3. The first-order valence-corrected chi connectivity index (χ1v) is 7.18. The maximum absolute atomic E-state index is 6.00. The average Bonchev–Trinajstić information content (AvgIpc) is 2.44. The smallest absolute Gasteiger partial charge is 0.0947 e. The van der Waals surface area contributed by atoms with Crippen LogP contribution in [0.3, 0.4) is 0 Å². The molecule has 0 aliphatic carbocycles. The molecule has 0 spiro atoms. The summed E-state index contributed by atoms with van der Waals surface area (Å²) >= 11 is 0. The monoisotopic (exact) mass is 249 g/mol. The molecule has 0 saturated heterocycles. The molecule has 0 radical (unpaired) electrons. The Bertz CT molecular complexity index is 299. The first-order valence-electron chi connectivity index (χ1n) is 7.18. The predicted molar refractivity (Wildman–Crippen MR) is 77.5 cm³/mol. The highest BCUT2D eigenvalue weighted by Crippen LogP contribution is 2.20. The Morgan fingerprint density at radius 1 is 1.17 bits per heavy atom. The first kappa shape index (κ1) is 15.2. The Morgan fingerprint density at radius 2 is 1.89 bits per heavy atom. The molecule has 0 aliphatic heterocycles. The Morgan fingerprint density at radius 3 is 2.44 bits per heavy atom. The molecule has 2 N–H and O–H groups in total. The lowest BCUT2D eigenvalue weighted by Crippen LogP contribution is -2.19. The fraction of sp³-hybridized carbons (Fsp3) is 0.625. The molecule has 1 rings (SSSR count). The summed E-state index contributed by atoms with van der Waals surface area (Å²) in [6.07, 6.45) is 5.04. The SMILES string of the molecule is CCCCC(CC)COC(CN)c1ccccc1. The lowest BCUT2D eigenvalue weighted by Gasteiger charge is -2.21. The van der Waals surface area contributed by atoms with E-state index in [2.05, 4.69) is 26.0 Å². The highest BCUT2D eigenvalue weighted by atomic mass is 16.5. The van der Waals surface area contributed by atoms with Gasteiger partial charge in [0.25, 0.3) is 0 Å². The largest absolute Gasteiger partial charge is 0.372 e. The van der Waals surface area contributed by atoms with Gasteiger partial charge in [0, 0.05) is 6.54 Å². The van der Waals surface area contributed by atoms with E-state index < -0.39 is 0 Å². The van der Waals surface area contributed by atoms with Gasteiger partial charge in [-0.25, -0.2) is 0 Å². The third kappa shape index (κ3) is 5.19. The van der Waals surface area contributed by atoms with E-state index in [0.717, 1.165) is 6.61 Å². The zero-order valence-corrected chi connectivity index (χ0v) is 11.8. The fourth-order valence-corrected chi connectivity index (χ4v) is 2.12. The fourth-order valence-electron chi connectivity index (χ4n) is 2.12. The molecule has 2 heteroatoms. The Labute approximate surface area is 112 Å². The van der Waals surface area contributed by atoms with Crippen molar-refractivity contribution in [3.8, 4) is 0 Å². The van der Waals surface area contributed by atoms with Crippen LogP contribution in [0.4, 0.5) is 0 Å². The standard InChI is InChI=1S/C16H27NO/c1-3-5-9-14(4-2)13-18-16(12-17)15-10-7-6-8-11-15/h6-8,10-11,14,16H,3-5,9,12-13,17H2,1-2H3. The van der Waals surface area contributed by atoms with Gasteiger partial charge in [0.15, 0.2) is 0 Å². The van der Waals surface area contributed by atoms with Crippen molar-refractivity contribution in [3.05, 3.63) is 35.9 Å². The van der Waals surface area contributed by atoms with E-state index in [1.165, 1.54) is 31.2 Å². The Balaban J connectivity index is 2.43. The lowest BCUT2D eigenvalue weighted by atomic mass is 10.0. The number of benzene rings is 1. The van der Waals surface area contributed by atoms with Crippen molar-refractivity contribution in [2.45, 2.75) is 45.6 Å². The van der Waals surface area contributed by atoms with E-state index in [-0.39, 0.29) is 6.10 Å². The van der Waals surface area contributed by atoms with E-state index in [1.807, 2.05) is 18.2 Å². The van der Waals surface area contributed by atoms with E-state index in [1.54, 1.807) is 0 Å². The molecule has 102 valence electrons. The van der Waals surface area contributed by atoms with Crippen molar-refractivity contribution in [1.82, 2.24) is 0 Å². The molecule has 2 nitrogen and oxygen atoms in total. The van der Waals surface area contributed by atoms with Gasteiger partial charge < -0.3 is 10.5 Å². The van der Waals surface area contributed by atoms with E-state index in [9.17, 15) is 0 Å². The topological polar surface area (TPSA) is 35.2 Å². The van der Waals surface area contributed by atoms with E-state index in [0.29, 0.717) is 12.5 Å². The second kappa shape index (κ2) is 9.12. The van der Waals surface area contributed by atoms with Gasteiger partial charge in [0.05, 0.1) is 12.7 Å². The molecule has 0 heterocycles. The second-order valence-electron chi connectivity index (χ2n) is 4.88. The molecule has 2 unspecified atom stereocenters. The summed E-state index contributed by atoms with van der Waals surface area (Å²) in [6.45, 7) is 5.85. The van der Waals surface area contributed by atoms with Crippen molar-refractivity contribution in [2.75, 3.05) is 13.2 Å². The van der Waals surface area contributed by atoms with Crippen molar-refractivity contribution >= 4 is 0 Å². The van der Waals surface area contributed by atoms with Crippen LogP contribution in [-0.4, -0.2) is 13.2 Å². The van der Waals surface area contributed by atoms with Crippen LogP contribution in [-0.2, 0) is 4.74 Å². The maximum Gasteiger partial charge on any atom is 0.0947 e. The second-order valence-corrected chi connectivity index (χ2v) is 4.88. The van der Waals surface area contributed by atoms with Crippen LogP contribution in [0.5, 0.6) is 0 Å². The summed E-state index contributed by atoms with van der Waals surface area (Å²) in [5, 5.41) is 0. The summed E-state index contributed by atoms with van der Waals surface area (Å²) in [7, 11) is 0. The minimum Gasteiger partial charge on any atom is -0.372 e. The number of ether oxygens (including phenoxy) is 1. The van der Waals surface area contributed by atoms with Crippen LogP contribution in [0.1, 0.15) is 51.2 Å². The molecular formula is C16H27NO. The Kier molecular flexibility index (Phi) is 7.70. The van der Waals surface area contributed by atoms with Crippen LogP contribution < -0.4 is 5.73 Å². The van der Waals surface area contributed by atoms with Gasteiger partial charge in [-0.3, -0.25) is 0 Å². The van der Waals surface area contributed by atoms with Gasteiger partial charge in [-0.15, -0.1) is 0 Å². The molecule has 0 aliphatic rings. The third-order valence-electron chi connectivity index (χ3n) is 3.46. The number of unbranched alkanes of at least 4 members (excludes halogenated alkanes) is 1. The number of hydrogen-bond donors (Lipinski definition) is 1. The molecule has 0 amide bonds. The van der Waals surface area contributed by atoms with Gasteiger partial charge in [-0.05, 0) is 17.9 Å². The lowest BCUT2D eigenvalue weighted by molar-refractivity contribution is 0.0299. The molecule has 18 heavy (non-hydrogen) atoms. The minimum atomic E-state index is 0.0434. The summed E-state index contributed by atoms with van der Waals surface area (Å²) in [4.78, 5) is 0. The average molecular weight is 249 g/mol. The Hall–Kier alpha value is -0.860. The summed E-state index contributed by atoms with van der Waals surface area (Å²) in [5.74, 6) is 0.669. The first-order chi connectivity index (χ1) is 8.81. The molecule has 0 bridgehead atoms. The molecule has 0 saturated carbocycles. The van der Waals surface area contributed by atoms with Crippen molar-refractivity contribution in [3.63, 3.8) is 0 Å². The number of rotatable bonds is 9. The van der Waals surface area contributed by atoms with Gasteiger partial charge >= 0.3 is 0 Å². The van der Waals surface area contributed by atoms with E-state index >= 15 is 0 Å². The molecule has 0 aromatic heterocycles. The van der Waals surface area contributed by atoms with Crippen LogP contribution in [0.15, 0.2) is 30.3 Å². The van der Waals surface area contributed by atoms with Crippen molar-refractivity contribution in [1.29, 1.82) is 0 Å². The summed E-state index contributed by atoms with van der Waals surface area (Å²) in [5.41, 5.74) is 6.99. The zero-order chi connectivity index (χ0) is 13.2. The van der Waals surface area contributed by atoms with Gasteiger partial charge in [-0.2, -0.15) is 0 Å². The maximum atomic E-state index is 6.00. The molecule has 0 fully saturated rings. The van der Waals surface area contributed by atoms with Crippen LogP contribution in [0.25, 0.3) is 0 Å². The van der Waals surface area contributed by atoms with Crippen molar-refractivity contribution in [2.24, 2.45) is 11.7 Å². The molecular weight excluding hydrogens is 222 g/mol. The number of hydrogen-bond acceptors (Lipinski definition) is 2. The molecule has 1 aromatic rings. The predicted octanol–water partition coefficient (Wildman–Crippen LogP) is 3.92. The van der Waals surface area contributed by atoms with Gasteiger partial charge in [-0.1, -0.05) is 63.4 Å². The van der Waals surface area contributed by atoms with Crippen LogP contribution >= 0.6 is 0 Å².